The van der Waals surface area contributed by atoms with Gasteiger partial charge in [0.25, 0.3) is 0 Å². The summed E-state index contributed by atoms with van der Waals surface area (Å²) in [7, 11) is 0. The molecule has 1 N–H and O–H groups in total. The third-order valence-electron chi connectivity index (χ3n) is 4.18. The lowest BCUT2D eigenvalue weighted by atomic mass is 9.85. The molecule has 2 aliphatic rings. The van der Waals surface area contributed by atoms with E-state index in [0.29, 0.717) is 15.9 Å². The van der Waals surface area contributed by atoms with Crippen molar-refractivity contribution in [1.82, 2.24) is 0 Å². The maximum Gasteiger partial charge on any atom is 0.129 e. The molecule has 1 fully saturated rings. The van der Waals surface area contributed by atoms with Crippen LogP contribution in [0, 0.1) is 11.7 Å². The molecule has 1 aromatic rings. The van der Waals surface area contributed by atoms with Crippen molar-refractivity contribution in [3.63, 3.8) is 0 Å². The number of benzene rings is 1. The molecule has 1 heterocycles. The molecular formula is C14H14BrF2NOS. The van der Waals surface area contributed by atoms with E-state index < -0.39 is 22.8 Å². The number of aliphatic imine (C=N–C) groups is 1. The first-order valence-electron chi connectivity index (χ1n) is 6.35. The average molecular weight is 362 g/mol. The van der Waals surface area contributed by atoms with Gasteiger partial charge in [-0.05, 0) is 31.5 Å². The quantitative estimate of drug-likeness (QED) is 0.890. The Labute approximate surface area is 128 Å². The van der Waals surface area contributed by atoms with E-state index in [1.807, 2.05) is 0 Å². The van der Waals surface area contributed by atoms with E-state index >= 15 is 0 Å². The van der Waals surface area contributed by atoms with Crippen molar-refractivity contribution in [1.29, 1.82) is 0 Å². The number of aliphatic hydroxyl groups excluding tert-OH is 1. The summed E-state index contributed by atoms with van der Waals surface area (Å²) in [6.07, 6.45) is 0.658. The first-order chi connectivity index (χ1) is 9.47. The predicted octanol–water partition coefficient (Wildman–Crippen LogP) is 3.67. The summed E-state index contributed by atoms with van der Waals surface area (Å²) in [6, 6.07) is 4.51. The molecule has 1 saturated carbocycles. The number of thioether (sulfide) groups is 1. The lowest BCUT2D eigenvalue weighted by Crippen LogP contribution is -2.39. The first kappa shape index (κ1) is 14.5. The van der Waals surface area contributed by atoms with E-state index in [1.54, 1.807) is 19.1 Å². The summed E-state index contributed by atoms with van der Waals surface area (Å²) < 4.78 is 28.4. The fraction of sp³-hybridized carbons (Fsp3) is 0.500. The molecule has 0 aromatic heterocycles. The normalized spacial score (nSPS) is 35.5. The highest BCUT2D eigenvalue weighted by Crippen LogP contribution is 2.66. The molecule has 1 aliphatic carbocycles. The van der Waals surface area contributed by atoms with Gasteiger partial charge in [0.15, 0.2) is 0 Å². The lowest BCUT2D eigenvalue weighted by Gasteiger charge is -2.35. The minimum atomic E-state index is -1.20. The summed E-state index contributed by atoms with van der Waals surface area (Å²) in [5.74, 6) is -0.615. The van der Waals surface area contributed by atoms with Gasteiger partial charge >= 0.3 is 0 Å². The molecule has 0 bridgehead atoms. The summed E-state index contributed by atoms with van der Waals surface area (Å²) in [4.78, 5) is 4.45. The predicted molar refractivity (Wildman–Crippen MR) is 80.4 cm³/mol. The molecule has 0 unspecified atom stereocenters. The molecule has 1 aliphatic heterocycles. The fourth-order valence-electron chi connectivity index (χ4n) is 3.16. The van der Waals surface area contributed by atoms with E-state index in [0.717, 1.165) is 0 Å². The second kappa shape index (κ2) is 4.78. The number of aliphatic hydroxyl groups is 1. The van der Waals surface area contributed by atoms with Gasteiger partial charge in [0, 0.05) is 16.0 Å². The van der Waals surface area contributed by atoms with Crippen molar-refractivity contribution in [2.45, 2.75) is 23.6 Å². The second-order valence-corrected chi connectivity index (χ2v) is 7.92. The van der Waals surface area contributed by atoms with Crippen LogP contribution in [0.4, 0.5) is 8.78 Å². The zero-order chi connectivity index (χ0) is 14.5. The van der Waals surface area contributed by atoms with Crippen molar-refractivity contribution in [2.75, 3.05) is 13.3 Å². The number of fused-ring (bicyclic) bond motifs is 1. The molecule has 108 valence electrons. The number of hydrogen-bond acceptors (Lipinski definition) is 3. The summed E-state index contributed by atoms with van der Waals surface area (Å²) >= 11 is 4.79. The van der Waals surface area contributed by atoms with Gasteiger partial charge in [-0.3, -0.25) is 4.99 Å². The molecule has 0 radical (unpaired) electrons. The van der Waals surface area contributed by atoms with E-state index in [9.17, 15) is 13.9 Å². The van der Waals surface area contributed by atoms with Crippen LogP contribution in [0.15, 0.2) is 27.7 Å². The third-order valence-corrected chi connectivity index (χ3v) is 6.04. The second-order valence-electron chi connectivity index (χ2n) is 5.39. The molecular weight excluding hydrogens is 348 g/mol. The molecule has 0 spiro atoms. The number of rotatable bonds is 3. The van der Waals surface area contributed by atoms with Gasteiger partial charge in [-0.2, -0.15) is 0 Å². The summed E-state index contributed by atoms with van der Waals surface area (Å²) in [5, 5.41) is 10.3. The van der Waals surface area contributed by atoms with Gasteiger partial charge in [0.05, 0.1) is 16.4 Å². The van der Waals surface area contributed by atoms with Crippen LogP contribution < -0.4 is 0 Å². The van der Waals surface area contributed by atoms with E-state index in [4.69, 9.17) is 0 Å². The zero-order valence-corrected chi connectivity index (χ0v) is 13.3. The number of halogens is 3. The van der Waals surface area contributed by atoms with Crippen LogP contribution in [-0.2, 0) is 5.54 Å². The highest BCUT2D eigenvalue weighted by Gasteiger charge is 2.67. The van der Waals surface area contributed by atoms with Crippen molar-refractivity contribution >= 4 is 32.7 Å². The van der Waals surface area contributed by atoms with E-state index in [2.05, 4.69) is 20.9 Å². The van der Waals surface area contributed by atoms with Crippen molar-refractivity contribution in [2.24, 2.45) is 10.9 Å². The van der Waals surface area contributed by atoms with E-state index in [1.165, 1.54) is 17.8 Å². The molecule has 20 heavy (non-hydrogen) atoms. The maximum atomic E-state index is 14.2. The minimum absolute atomic E-state index is 0.0352. The van der Waals surface area contributed by atoms with Gasteiger partial charge in [-0.15, -0.1) is 11.8 Å². The lowest BCUT2D eigenvalue weighted by molar-refractivity contribution is 0.231. The Morgan fingerprint density at radius 3 is 2.95 bits per heavy atom. The minimum Gasteiger partial charge on any atom is -0.395 e. The van der Waals surface area contributed by atoms with Crippen LogP contribution in [0.3, 0.4) is 0 Å². The zero-order valence-electron chi connectivity index (χ0n) is 10.9. The smallest absolute Gasteiger partial charge is 0.129 e. The molecule has 1 aromatic carbocycles. The van der Waals surface area contributed by atoms with Gasteiger partial charge < -0.3 is 5.11 Å². The SMILES string of the molecule is CC1=N[C@](CF)(c2cc(Br)ccc2F)[C@@H]2C[C@]2(CO)S1. The Hall–Kier alpha value is -0.460. The van der Waals surface area contributed by atoms with Gasteiger partial charge in [0.1, 0.15) is 18.0 Å². The Kier molecular flexibility index (Phi) is 3.46. The first-order valence-corrected chi connectivity index (χ1v) is 7.96. The highest BCUT2D eigenvalue weighted by atomic mass is 79.9. The fourth-order valence-corrected chi connectivity index (χ4v) is 4.97. The molecule has 3 rings (SSSR count). The van der Waals surface area contributed by atoms with Crippen LogP contribution in [0.5, 0.6) is 0 Å². The maximum absolute atomic E-state index is 14.2. The number of alkyl halides is 1. The van der Waals surface area contributed by atoms with Crippen LogP contribution in [0.1, 0.15) is 18.9 Å². The Balaban J connectivity index is 2.17. The van der Waals surface area contributed by atoms with Crippen LogP contribution in [0.2, 0.25) is 0 Å². The van der Waals surface area contributed by atoms with Crippen molar-refractivity contribution in [3.8, 4) is 0 Å². The Morgan fingerprint density at radius 2 is 2.30 bits per heavy atom. The van der Waals surface area contributed by atoms with Gasteiger partial charge in [0.2, 0.25) is 0 Å². The molecule has 6 heteroatoms. The number of nitrogens with zero attached hydrogens (tertiary/aromatic N) is 1. The topological polar surface area (TPSA) is 32.6 Å². The Morgan fingerprint density at radius 1 is 1.55 bits per heavy atom. The standard InChI is InChI=1S/C14H14BrF2NOS/c1-8-18-14(6-16,12-5-13(12,7-19)20-8)10-4-9(15)2-3-11(10)17/h2-4,12,19H,5-7H2,1H3/t12-,13-,14-/m1/s1. The van der Waals surface area contributed by atoms with Crippen molar-refractivity contribution < 1.29 is 13.9 Å². The van der Waals surface area contributed by atoms with Crippen LogP contribution in [-0.4, -0.2) is 28.2 Å². The summed E-state index contributed by atoms with van der Waals surface area (Å²) in [6.45, 7) is 0.994. The van der Waals surface area contributed by atoms with Gasteiger partial charge in [-0.1, -0.05) is 15.9 Å². The molecule has 0 amide bonds. The van der Waals surface area contributed by atoms with E-state index in [-0.39, 0.29) is 18.1 Å². The van der Waals surface area contributed by atoms with Crippen LogP contribution >= 0.6 is 27.7 Å². The van der Waals surface area contributed by atoms with Crippen LogP contribution in [0.25, 0.3) is 0 Å². The molecule has 2 nitrogen and oxygen atoms in total. The summed E-state index contributed by atoms with van der Waals surface area (Å²) in [5.41, 5.74) is -0.930. The Bertz CT molecular complexity index is 597. The average Bonchev–Trinajstić information content (AvgIpc) is 3.16. The monoisotopic (exact) mass is 361 g/mol. The van der Waals surface area contributed by atoms with Crippen molar-refractivity contribution in [3.05, 3.63) is 34.1 Å². The largest absolute Gasteiger partial charge is 0.395 e. The molecule has 0 saturated heterocycles. The molecule has 3 atom stereocenters. The highest BCUT2D eigenvalue weighted by molar-refractivity contribution is 9.10. The van der Waals surface area contributed by atoms with Gasteiger partial charge in [-0.25, -0.2) is 8.78 Å². The number of hydrogen-bond donors (Lipinski definition) is 1. The third kappa shape index (κ3) is 1.96.